The highest BCUT2D eigenvalue weighted by atomic mass is 16.5. The third-order valence-corrected chi connectivity index (χ3v) is 2.83. The van der Waals surface area contributed by atoms with E-state index in [4.69, 9.17) is 4.52 Å². The van der Waals surface area contributed by atoms with Crippen molar-refractivity contribution in [1.29, 1.82) is 0 Å². The average Bonchev–Trinajstić information content (AvgIpc) is 2.82. The molecule has 0 fully saturated rings. The Morgan fingerprint density at radius 2 is 2.11 bits per heavy atom. The molecule has 0 aliphatic carbocycles. The van der Waals surface area contributed by atoms with E-state index in [1.54, 1.807) is 13.1 Å². The number of carbonyl (C=O) groups excluding carboxylic acids is 1. The maximum Gasteiger partial charge on any atom is 0.247 e. The zero-order valence-electron chi connectivity index (χ0n) is 11.0. The number of rotatable bonds is 4. The molecule has 0 aliphatic heterocycles. The van der Waals surface area contributed by atoms with E-state index in [1.807, 2.05) is 43.3 Å². The van der Waals surface area contributed by atoms with Crippen LogP contribution in [0.15, 0.2) is 46.6 Å². The Balaban J connectivity index is 1.97. The first-order chi connectivity index (χ1) is 9.16. The van der Waals surface area contributed by atoms with E-state index in [0.717, 1.165) is 16.9 Å². The lowest BCUT2D eigenvalue weighted by molar-refractivity contribution is -0.117. The lowest BCUT2D eigenvalue weighted by atomic mass is 10.1. The maximum absolute atomic E-state index is 11.9. The van der Waals surface area contributed by atoms with Crippen molar-refractivity contribution in [2.75, 3.05) is 0 Å². The van der Waals surface area contributed by atoms with Gasteiger partial charge in [-0.1, -0.05) is 35.5 Å². The van der Waals surface area contributed by atoms with E-state index in [0.29, 0.717) is 12.1 Å². The number of aromatic nitrogens is 1. The summed E-state index contributed by atoms with van der Waals surface area (Å²) < 4.78 is 4.94. The molecule has 1 N–H and O–H groups in total. The number of amides is 1. The second-order valence-corrected chi connectivity index (χ2v) is 4.33. The quantitative estimate of drug-likeness (QED) is 0.856. The van der Waals surface area contributed by atoms with Crippen LogP contribution in [0.2, 0.25) is 0 Å². The van der Waals surface area contributed by atoms with Crippen molar-refractivity contribution in [2.45, 2.75) is 20.4 Å². The first-order valence-corrected chi connectivity index (χ1v) is 6.08. The topological polar surface area (TPSA) is 55.1 Å². The lowest BCUT2D eigenvalue weighted by Gasteiger charge is -2.04. The van der Waals surface area contributed by atoms with Crippen LogP contribution in [0.1, 0.15) is 23.8 Å². The maximum atomic E-state index is 11.9. The Bertz CT molecular complexity index is 585. The molecule has 0 spiro atoms. The lowest BCUT2D eigenvalue weighted by Crippen LogP contribution is -2.23. The van der Waals surface area contributed by atoms with Crippen LogP contribution in [0.5, 0.6) is 0 Å². The molecule has 0 saturated heterocycles. The van der Waals surface area contributed by atoms with Crippen molar-refractivity contribution in [3.8, 4) is 0 Å². The Morgan fingerprint density at radius 1 is 1.37 bits per heavy atom. The van der Waals surface area contributed by atoms with Gasteiger partial charge in [0.05, 0.1) is 6.20 Å². The molecule has 1 aromatic carbocycles. The zero-order chi connectivity index (χ0) is 13.7. The van der Waals surface area contributed by atoms with Gasteiger partial charge in [0.1, 0.15) is 5.76 Å². The van der Waals surface area contributed by atoms with Gasteiger partial charge in [-0.05, 0) is 25.5 Å². The third-order valence-electron chi connectivity index (χ3n) is 2.83. The molecule has 4 heteroatoms. The SMILES string of the molecule is C/C(=C\c1ccccc1)C(=O)NCc1cnoc1C. The fourth-order valence-electron chi connectivity index (χ4n) is 1.67. The molecule has 1 heterocycles. The summed E-state index contributed by atoms with van der Waals surface area (Å²) in [5, 5.41) is 6.51. The van der Waals surface area contributed by atoms with Gasteiger partial charge in [0.25, 0.3) is 0 Å². The van der Waals surface area contributed by atoms with Gasteiger partial charge in [-0.25, -0.2) is 0 Å². The fourth-order valence-corrected chi connectivity index (χ4v) is 1.67. The van der Waals surface area contributed by atoms with E-state index >= 15 is 0 Å². The Kier molecular flexibility index (Phi) is 4.13. The summed E-state index contributed by atoms with van der Waals surface area (Å²) in [6, 6.07) is 9.75. The predicted octanol–water partition coefficient (Wildman–Crippen LogP) is 2.70. The molecule has 2 aromatic rings. The molecule has 98 valence electrons. The molecule has 1 amide bonds. The second-order valence-electron chi connectivity index (χ2n) is 4.33. The highest BCUT2D eigenvalue weighted by Crippen LogP contribution is 2.08. The molecule has 1 aromatic heterocycles. The summed E-state index contributed by atoms with van der Waals surface area (Å²) in [6.45, 7) is 4.04. The van der Waals surface area contributed by atoms with Gasteiger partial charge in [-0.15, -0.1) is 0 Å². The molecule has 4 nitrogen and oxygen atoms in total. The van der Waals surface area contributed by atoms with E-state index in [1.165, 1.54) is 0 Å². The van der Waals surface area contributed by atoms with Crippen LogP contribution < -0.4 is 5.32 Å². The molecule has 2 rings (SSSR count). The van der Waals surface area contributed by atoms with Crippen LogP contribution in [0, 0.1) is 6.92 Å². The Morgan fingerprint density at radius 3 is 2.74 bits per heavy atom. The number of hydrogen-bond acceptors (Lipinski definition) is 3. The normalized spacial score (nSPS) is 11.4. The number of nitrogens with one attached hydrogen (secondary N) is 1. The van der Waals surface area contributed by atoms with Crippen LogP contribution in [-0.2, 0) is 11.3 Å². The summed E-state index contributed by atoms with van der Waals surface area (Å²) in [5.74, 6) is 0.634. The highest BCUT2D eigenvalue weighted by Gasteiger charge is 2.07. The van der Waals surface area contributed by atoms with Gasteiger partial charge < -0.3 is 9.84 Å². The van der Waals surface area contributed by atoms with Gasteiger partial charge in [-0.2, -0.15) is 0 Å². The van der Waals surface area contributed by atoms with Gasteiger partial charge >= 0.3 is 0 Å². The molecule has 0 atom stereocenters. The first-order valence-electron chi connectivity index (χ1n) is 6.08. The number of nitrogens with zero attached hydrogens (tertiary/aromatic N) is 1. The molecule has 0 aliphatic rings. The smallest absolute Gasteiger partial charge is 0.247 e. The molecule has 0 bridgehead atoms. The molecular weight excluding hydrogens is 240 g/mol. The zero-order valence-corrected chi connectivity index (χ0v) is 11.0. The van der Waals surface area contributed by atoms with Crippen molar-refractivity contribution in [2.24, 2.45) is 0 Å². The predicted molar refractivity (Wildman–Crippen MR) is 73.2 cm³/mol. The van der Waals surface area contributed by atoms with Crippen molar-refractivity contribution < 1.29 is 9.32 Å². The first kappa shape index (κ1) is 13.1. The summed E-state index contributed by atoms with van der Waals surface area (Å²) in [4.78, 5) is 11.9. The summed E-state index contributed by atoms with van der Waals surface area (Å²) in [6.07, 6.45) is 3.47. The van der Waals surface area contributed by atoms with E-state index in [2.05, 4.69) is 10.5 Å². The minimum Gasteiger partial charge on any atom is -0.361 e. The highest BCUT2D eigenvalue weighted by molar-refractivity contribution is 5.97. The van der Waals surface area contributed by atoms with Crippen molar-refractivity contribution >= 4 is 12.0 Å². The van der Waals surface area contributed by atoms with Crippen molar-refractivity contribution in [3.05, 3.63) is 59.0 Å². The Hall–Kier alpha value is -2.36. The minimum absolute atomic E-state index is 0.0931. The molecule has 0 unspecified atom stereocenters. The minimum atomic E-state index is -0.0931. The average molecular weight is 256 g/mol. The molecule has 0 saturated carbocycles. The van der Waals surface area contributed by atoms with Crippen LogP contribution in [0.4, 0.5) is 0 Å². The monoisotopic (exact) mass is 256 g/mol. The van der Waals surface area contributed by atoms with Crippen LogP contribution in [-0.4, -0.2) is 11.1 Å². The van der Waals surface area contributed by atoms with E-state index in [-0.39, 0.29) is 5.91 Å². The number of benzene rings is 1. The number of hydrogen-bond donors (Lipinski definition) is 1. The van der Waals surface area contributed by atoms with Crippen LogP contribution >= 0.6 is 0 Å². The van der Waals surface area contributed by atoms with E-state index in [9.17, 15) is 4.79 Å². The standard InChI is InChI=1S/C15H16N2O2/c1-11(8-13-6-4-3-5-7-13)15(18)16-9-14-10-17-19-12(14)2/h3-8,10H,9H2,1-2H3,(H,16,18)/b11-8+. The summed E-state index contributed by atoms with van der Waals surface area (Å²) in [7, 11) is 0. The second kappa shape index (κ2) is 6.00. The van der Waals surface area contributed by atoms with Gasteiger partial charge in [0.2, 0.25) is 5.91 Å². The molecule has 19 heavy (non-hydrogen) atoms. The fraction of sp³-hybridized carbons (Fsp3) is 0.200. The third kappa shape index (κ3) is 3.55. The van der Waals surface area contributed by atoms with Crippen molar-refractivity contribution in [3.63, 3.8) is 0 Å². The van der Waals surface area contributed by atoms with Gasteiger partial charge in [0.15, 0.2) is 0 Å². The van der Waals surface area contributed by atoms with E-state index < -0.39 is 0 Å². The Labute approximate surface area is 112 Å². The largest absolute Gasteiger partial charge is 0.361 e. The molecule has 0 radical (unpaired) electrons. The van der Waals surface area contributed by atoms with Gasteiger partial charge in [0, 0.05) is 17.7 Å². The summed E-state index contributed by atoms with van der Waals surface area (Å²) in [5.41, 5.74) is 2.57. The molecular formula is C15H16N2O2. The summed E-state index contributed by atoms with van der Waals surface area (Å²) >= 11 is 0. The number of carbonyl (C=O) groups is 1. The van der Waals surface area contributed by atoms with Gasteiger partial charge in [-0.3, -0.25) is 4.79 Å². The van der Waals surface area contributed by atoms with Crippen LogP contribution in [0.3, 0.4) is 0 Å². The van der Waals surface area contributed by atoms with Crippen molar-refractivity contribution in [1.82, 2.24) is 10.5 Å². The number of aryl methyl sites for hydroxylation is 1. The van der Waals surface area contributed by atoms with Crippen LogP contribution in [0.25, 0.3) is 6.08 Å².